The molecule has 4 heteroatoms. The molecule has 0 unspecified atom stereocenters. The highest BCUT2D eigenvalue weighted by molar-refractivity contribution is 5.89. The highest BCUT2D eigenvalue weighted by Crippen LogP contribution is 2.18. The van der Waals surface area contributed by atoms with E-state index in [1.807, 2.05) is 54.6 Å². The van der Waals surface area contributed by atoms with Gasteiger partial charge in [0.2, 0.25) is 0 Å². The minimum atomic E-state index is 0.560. The molecule has 0 atom stereocenters. The molecule has 112 valence electrons. The zero-order valence-corrected chi connectivity index (χ0v) is 12.5. The Labute approximate surface area is 129 Å². The minimum Gasteiger partial charge on any atom is -0.491 e. The Morgan fingerprint density at radius 3 is 2.64 bits per heavy atom. The average Bonchev–Trinajstić information content (AvgIpc) is 2.98. The third kappa shape index (κ3) is 3.35. The van der Waals surface area contributed by atoms with Crippen molar-refractivity contribution in [1.82, 2.24) is 10.2 Å². The minimum absolute atomic E-state index is 0.560. The van der Waals surface area contributed by atoms with E-state index in [0.717, 1.165) is 27.9 Å². The maximum absolute atomic E-state index is 5.54. The Bertz CT molecular complexity index is 760. The van der Waals surface area contributed by atoms with E-state index in [4.69, 9.17) is 9.47 Å². The van der Waals surface area contributed by atoms with Gasteiger partial charge in [0.05, 0.1) is 17.8 Å². The number of hydrogen-bond acceptors (Lipinski definition) is 3. The molecule has 0 radical (unpaired) electrons. The lowest BCUT2D eigenvalue weighted by Gasteiger charge is -2.05. The van der Waals surface area contributed by atoms with Crippen molar-refractivity contribution in [2.45, 2.75) is 0 Å². The van der Waals surface area contributed by atoms with Crippen LogP contribution in [0.3, 0.4) is 0 Å². The number of H-pyrrole nitrogens is 1. The maximum atomic E-state index is 5.54. The number of aromatic nitrogens is 2. The molecule has 22 heavy (non-hydrogen) atoms. The zero-order chi connectivity index (χ0) is 15.2. The van der Waals surface area contributed by atoms with E-state index in [1.54, 1.807) is 7.11 Å². The quantitative estimate of drug-likeness (QED) is 0.704. The number of fused-ring (bicyclic) bond motifs is 1. The molecule has 0 aliphatic rings. The van der Waals surface area contributed by atoms with Crippen molar-refractivity contribution in [2.24, 2.45) is 0 Å². The number of methoxy groups -OCH3 is 1. The molecule has 0 amide bonds. The third-order valence-electron chi connectivity index (χ3n) is 3.37. The van der Waals surface area contributed by atoms with Crippen LogP contribution in [0.1, 0.15) is 11.3 Å². The predicted molar refractivity (Wildman–Crippen MR) is 88.8 cm³/mol. The lowest BCUT2D eigenvalue weighted by atomic mass is 10.1. The fourth-order valence-corrected chi connectivity index (χ4v) is 2.20. The van der Waals surface area contributed by atoms with Crippen LogP contribution in [0.2, 0.25) is 0 Å². The molecule has 2 aromatic carbocycles. The fourth-order valence-electron chi connectivity index (χ4n) is 2.20. The molecule has 1 N–H and O–H groups in total. The van der Waals surface area contributed by atoms with E-state index in [-0.39, 0.29) is 0 Å². The molecule has 3 rings (SSSR count). The molecule has 3 aromatic rings. The van der Waals surface area contributed by atoms with Gasteiger partial charge in [0.25, 0.3) is 0 Å². The second-order valence-corrected chi connectivity index (χ2v) is 4.90. The first kappa shape index (κ1) is 14.4. The van der Waals surface area contributed by atoms with Crippen LogP contribution in [0.4, 0.5) is 0 Å². The summed E-state index contributed by atoms with van der Waals surface area (Å²) in [6.07, 6.45) is 4.06. The molecule has 0 aliphatic heterocycles. The molecular formula is C18H18N2O2. The summed E-state index contributed by atoms with van der Waals surface area (Å²) in [6, 6.07) is 16.0. The molecular weight excluding hydrogens is 276 g/mol. The second kappa shape index (κ2) is 6.91. The lowest BCUT2D eigenvalue weighted by molar-refractivity contribution is 0.146. The van der Waals surface area contributed by atoms with Crippen molar-refractivity contribution in [3.63, 3.8) is 0 Å². The summed E-state index contributed by atoms with van der Waals surface area (Å²) >= 11 is 0. The molecule has 0 aliphatic carbocycles. The number of hydrogen-bond donors (Lipinski definition) is 1. The number of rotatable bonds is 6. The van der Waals surface area contributed by atoms with Gasteiger partial charge in [0.15, 0.2) is 0 Å². The molecule has 1 heterocycles. The Morgan fingerprint density at radius 1 is 1.00 bits per heavy atom. The van der Waals surface area contributed by atoms with Gasteiger partial charge in [0, 0.05) is 12.5 Å². The van der Waals surface area contributed by atoms with Gasteiger partial charge in [-0.05, 0) is 29.8 Å². The van der Waals surface area contributed by atoms with Crippen molar-refractivity contribution in [3.8, 4) is 5.75 Å². The first-order valence-corrected chi connectivity index (χ1v) is 7.20. The topological polar surface area (TPSA) is 47.1 Å². The van der Waals surface area contributed by atoms with Crippen LogP contribution in [-0.2, 0) is 4.74 Å². The van der Waals surface area contributed by atoms with Crippen molar-refractivity contribution in [3.05, 3.63) is 59.8 Å². The van der Waals surface area contributed by atoms with E-state index in [1.165, 1.54) is 0 Å². The van der Waals surface area contributed by atoms with Crippen molar-refractivity contribution in [2.75, 3.05) is 20.3 Å². The van der Waals surface area contributed by atoms with E-state index in [2.05, 4.69) is 16.3 Å². The largest absolute Gasteiger partial charge is 0.491 e. The monoisotopic (exact) mass is 294 g/mol. The van der Waals surface area contributed by atoms with Crippen LogP contribution < -0.4 is 4.74 Å². The van der Waals surface area contributed by atoms with Crippen LogP contribution >= 0.6 is 0 Å². The summed E-state index contributed by atoms with van der Waals surface area (Å²) in [5.41, 5.74) is 3.09. The van der Waals surface area contributed by atoms with E-state index >= 15 is 0 Å². The average molecular weight is 294 g/mol. The maximum Gasteiger partial charge on any atom is 0.119 e. The van der Waals surface area contributed by atoms with Crippen LogP contribution in [0.25, 0.3) is 23.1 Å². The Kier molecular flexibility index (Phi) is 4.51. The van der Waals surface area contributed by atoms with Gasteiger partial charge < -0.3 is 9.47 Å². The molecule has 0 spiro atoms. The van der Waals surface area contributed by atoms with E-state index in [0.29, 0.717) is 13.2 Å². The Morgan fingerprint density at radius 2 is 1.82 bits per heavy atom. The van der Waals surface area contributed by atoms with Gasteiger partial charge in [-0.1, -0.05) is 36.4 Å². The van der Waals surface area contributed by atoms with Gasteiger partial charge in [0.1, 0.15) is 12.4 Å². The summed E-state index contributed by atoms with van der Waals surface area (Å²) in [5, 5.41) is 8.48. The van der Waals surface area contributed by atoms with Gasteiger partial charge in [-0.3, -0.25) is 5.10 Å². The zero-order valence-electron chi connectivity index (χ0n) is 12.5. The Hall–Kier alpha value is -2.59. The van der Waals surface area contributed by atoms with E-state index < -0.39 is 0 Å². The summed E-state index contributed by atoms with van der Waals surface area (Å²) in [6.45, 7) is 1.15. The first-order chi connectivity index (χ1) is 10.9. The van der Waals surface area contributed by atoms with Crippen LogP contribution in [0.15, 0.2) is 48.5 Å². The number of benzene rings is 2. The number of aromatic amines is 1. The third-order valence-corrected chi connectivity index (χ3v) is 3.37. The van der Waals surface area contributed by atoms with Gasteiger partial charge in [-0.15, -0.1) is 0 Å². The molecule has 0 saturated heterocycles. The van der Waals surface area contributed by atoms with Crippen LogP contribution in [-0.4, -0.2) is 30.5 Å². The fraction of sp³-hybridized carbons (Fsp3) is 0.167. The highest BCUT2D eigenvalue weighted by Gasteiger charge is 2.00. The molecule has 4 nitrogen and oxygen atoms in total. The van der Waals surface area contributed by atoms with Gasteiger partial charge >= 0.3 is 0 Å². The van der Waals surface area contributed by atoms with Crippen LogP contribution in [0.5, 0.6) is 5.75 Å². The van der Waals surface area contributed by atoms with E-state index in [9.17, 15) is 0 Å². The van der Waals surface area contributed by atoms with Crippen molar-refractivity contribution >= 4 is 23.1 Å². The molecule has 1 aromatic heterocycles. The standard InChI is InChI=1S/C18H18N2O2/c1-21-12-13-22-15-9-6-14(7-10-15)8-11-18-16-4-2-3-5-17(16)19-20-18/h2-11H,12-13H2,1H3,(H,19,20). The number of para-hydroxylation sites is 1. The van der Waals surface area contributed by atoms with Gasteiger partial charge in [-0.2, -0.15) is 5.10 Å². The summed E-state index contributed by atoms with van der Waals surface area (Å²) in [7, 11) is 1.66. The van der Waals surface area contributed by atoms with Crippen molar-refractivity contribution in [1.29, 1.82) is 0 Å². The van der Waals surface area contributed by atoms with Crippen LogP contribution in [0, 0.1) is 0 Å². The molecule has 0 fully saturated rings. The summed E-state index contributed by atoms with van der Waals surface area (Å²) < 4.78 is 10.5. The molecule has 0 saturated carbocycles. The number of nitrogens with one attached hydrogen (secondary N) is 1. The number of ether oxygens (including phenoxy) is 2. The van der Waals surface area contributed by atoms with Crippen molar-refractivity contribution < 1.29 is 9.47 Å². The van der Waals surface area contributed by atoms with Gasteiger partial charge in [-0.25, -0.2) is 0 Å². The first-order valence-electron chi connectivity index (χ1n) is 7.20. The smallest absolute Gasteiger partial charge is 0.119 e. The lowest BCUT2D eigenvalue weighted by Crippen LogP contribution is -2.03. The second-order valence-electron chi connectivity index (χ2n) is 4.90. The summed E-state index contributed by atoms with van der Waals surface area (Å²) in [4.78, 5) is 0. The predicted octanol–water partition coefficient (Wildman–Crippen LogP) is 3.76. The summed E-state index contributed by atoms with van der Waals surface area (Å²) in [5.74, 6) is 0.847. The SMILES string of the molecule is COCCOc1ccc(C=Cc2n[nH]c3ccccc23)cc1. The Balaban J connectivity index is 1.70. The molecule has 0 bridgehead atoms. The highest BCUT2D eigenvalue weighted by atomic mass is 16.5. The number of nitrogens with zero attached hydrogens (tertiary/aromatic N) is 1. The normalized spacial score (nSPS) is 11.3.